The van der Waals surface area contributed by atoms with Gasteiger partial charge in [-0.1, -0.05) is 6.92 Å². The molecule has 5 heterocycles. The number of amides is 3. The molecule has 8 rings (SSSR count). The number of hydrogen-bond donors (Lipinski definition) is 3. The first-order chi connectivity index (χ1) is 31.6. The highest BCUT2D eigenvalue weighted by Gasteiger charge is 2.44. The zero-order valence-electron chi connectivity index (χ0n) is 36.8. The molecule has 0 aliphatic carbocycles. The second-order valence-electron chi connectivity index (χ2n) is 17.2. The molecule has 3 aromatic carbocycles. The van der Waals surface area contributed by atoms with Crippen LogP contribution in [0, 0.1) is 23.0 Å². The van der Waals surface area contributed by atoms with E-state index in [4.69, 9.17) is 14.2 Å². The van der Waals surface area contributed by atoms with Crippen molar-refractivity contribution in [1.82, 2.24) is 29.0 Å². The number of imide groups is 1. The Morgan fingerprint density at radius 3 is 2.50 bits per heavy atom. The molecule has 1 aromatic heterocycles. The third kappa shape index (κ3) is 9.54. The number of nitrogens with zero attached hydrogens (tertiary/aromatic N) is 6. The Morgan fingerprint density at radius 1 is 1.05 bits per heavy atom. The van der Waals surface area contributed by atoms with E-state index in [2.05, 4.69) is 25.2 Å². The molecule has 1 spiro atoms. The van der Waals surface area contributed by atoms with Crippen molar-refractivity contribution in [3.05, 3.63) is 81.9 Å². The summed E-state index contributed by atoms with van der Waals surface area (Å²) < 4.78 is 78.6. The van der Waals surface area contributed by atoms with E-state index in [1.165, 1.54) is 49.3 Å². The van der Waals surface area contributed by atoms with Gasteiger partial charge in [0.2, 0.25) is 17.7 Å². The van der Waals surface area contributed by atoms with Gasteiger partial charge in [-0.2, -0.15) is 18.0 Å². The first-order valence-corrected chi connectivity index (χ1v) is 23.3. The molecule has 3 amide bonds. The molecule has 21 heteroatoms. The van der Waals surface area contributed by atoms with Gasteiger partial charge in [0, 0.05) is 39.2 Å². The Balaban J connectivity index is 0.856. The van der Waals surface area contributed by atoms with Crippen LogP contribution >= 0.6 is 0 Å². The number of rotatable bonds is 13. The Hall–Kier alpha value is -6.21. The number of hydrogen-bond acceptors (Lipinski definition) is 13. The molecule has 4 fully saturated rings. The molecule has 4 saturated heterocycles. The normalized spacial score (nSPS) is 20.3. The maximum atomic E-state index is 15.5. The van der Waals surface area contributed by atoms with E-state index in [0.29, 0.717) is 87.2 Å². The highest BCUT2D eigenvalue weighted by molar-refractivity contribution is 7.90. The lowest BCUT2D eigenvalue weighted by atomic mass is 9.87. The van der Waals surface area contributed by atoms with Crippen LogP contribution in [-0.4, -0.2) is 121 Å². The molecule has 1 unspecified atom stereocenters. The zero-order chi connectivity index (χ0) is 46.9. The second-order valence-corrected chi connectivity index (χ2v) is 19.0. The fraction of sp³-hybridized carbons (Fsp3) is 0.467. The average molecular weight is 932 g/mol. The van der Waals surface area contributed by atoms with E-state index in [-0.39, 0.29) is 77.8 Å². The number of nitrogens with one attached hydrogen (secondary N) is 3. The number of carbonyl (C=O) groups excluding carboxylic acids is 3. The van der Waals surface area contributed by atoms with Crippen LogP contribution in [-0.2, 0) is 29.3 Å². The Bertz CT molecular complexity index is 2770. The van der Waals surface area contributed by atoms with Crippen molar-refractivity contribution in [1.29, 1.82) is 5.26 Å². The van der Waals surface area contributed by atoms with Crippen LogP contribution in [0.2, 0.25) is 0 Å². The maximum Gasteiger partial charge on any atom is 0.301 e. The molecule has 4 aliphatic rings. The predicted octanol–water partition coefficient (Wildman–Crippen LogP) is 4.37. The van der Waals surface area contributed by atoms with Crippen LogP contribution in [0.5, 0.6) is 17.2 Å². The third-order valence-electron chi connectivity index (χ3n) is 13.2. The van der Waals surface area contributed by atoms with Gasteiger partial charge in [0.15, 0.2) is 11.6 Å². The van der Waals surface area contributed by atoms with E-state index < -0.39 is 45.1 Å². The lowest BCUT2D eigenvalue weighted by Gasteiger charge is -2.40. The van der Waals surface area contributed by atoms with Gasteiger partial charge in [0.1, 0.15) is 35.0 Å². The molecular weight excluding hydrogens is 881 g/mol. The first kappa shape index (κ1) is 46.3. The summed E-state index contributed by atoms with van der Waals surface area (Å²) in [5.41, 5.74) is -0.260. The monoisotopic (exact) mass is 931 g/mol. The average Bonchev–Trinajstić information content (AvgIpc) is 3.71. The molecular formula is C45H51F2N9O9S. The second kappa shape index (κ2) is 18.9. The van der Waals surface area contributed by atoms with Gasteiger partial charge in [0.25, 0.3) is 5.56 Å². The number of aromatic nitrogens is 2. The highest BCUT2D eigenvalue weighted by atomic mass is 32.2. The van der Waals surface area contributed by atoms with Crippen molar-refractivity contribution in [2.75, 3.05) is 70.1 Å². The molecule has 2 atom stereocenters. The van der Waals surface area contributed by atoms with Crippen LogP contribution in [0.25, 0.3) is 10.9 Å². The fourth-order valence-electron chi connectivity index (χ4n) is 9.18. The Morgan fingerprint density at radius 2 is 1.80 bits per heavy atom. The van der Waals surface area contributed by atoms with Crippen LogP contribution in [0.1, 0.15) is 75.0 Å². The Labute approximate surface area is 380 Å². The number of carbonyl (C=O) groups is 3. The quantitative estimate of drug-likeness (QED) is 0.159. The summed E-state index contributed by atoms with van der Waals surface area (Å²) >= 11 is 0. The van der Waals surface area contributed by atoms with E-state index in [1.807, 2.05) is 11.0 Å². The molecule has 0 saturated carbocycles. The first-order valence-electron chi connectivity index (χ1n) is 21.9. The van der Waals surface area contributed by atoms with E-state index >= 15 is 8.78 Å². The van der Waals surface area contributed by atoms with Crippen molar-refractivity contribution >= 4 is 50.2 Å². The lowest BCUT2D eigenvalue weighted by molar-refractivity contribution is -0.137. The number of nitriles is 1. The minimum absolute atomic E-state index is 0.00133. The van der Waals surface area contributed by atoms with Gasteiger partial charge in [-0.05, 0) is 99.5 Å². The largest absolute Gasteiger partial charge is 0.495 e. The summed E-state index contributed by atoms with van der Waals surface area (Å²) in [4.78, 5) is 59.8. The topological polar surface area (TPSA) is 218 Å². The molecule has 4 aromatic rings. The van der Waals surface area contributed by atoms with Crippen LogP contribution < -0.4 is 30.4 Å². The molecule has 0 radical (unpaired) electrons. The number of piperidine rings is 3. The van der Waals surface area contributed by atoms with Crippen molar-refractivity contribution in [3.8, 4) is 23.3 Å². The van der Waals surface area contributed by atoms with Gasteiger partial charge in [0.05, 0.1) is 60.5 Å². The number of likely N-dealkylation sites (tertiary alicyclic amines) is 2. The summed E-state index contributed by atoms with van der Waals surface area (Å²) in [6.45, 7) is 4.45. The smallest absolute Gasteiger partial charge is 0.301 e. The zero-order valence-corrected chi connectivity index (χ0v) is 37.6. The molecule has 4 aliphatic heterocycles. The van der Waals surface area contributed by atoms with Gasteiger partial charge >= 0.3 is 10.2 Å². The van der Waals surface area contributed by atoms with Crippen molar-refractivity contribution in [2.24, 2.45) is 0 Å². The van der Waals surface area contributed by atoms with E-state index in [0.717, 1.165) is 16.4 Å². The number of benzene rings is 3. The molecule has 66 heavy (non-hydrogen) atoms. The highest BCUT2D eigenvalue weighted by Crippen LogP contribution is 2.41. The molecule has 350 valence electrons. The van der Waals surface area contributed by atoms with Gasteiger partial charge in [-0.25, -0.2) is 13.8 Å². The van der Waals surface area contributed by atoms with Gasteiger partial charge in [-0.3, -0.25) is 38.7 Å². The van der Waals surface area contributed by atoms with Crippen molar-refractivity contribution in [3.63, 3.8) is 0 Å². The number of anilines is 2. The van der Waals surface area contributed by atoms with Crippen molar-refractivity contribution in [2.45, 2.75) is 75.5 Å². The van der Waals surface area contributed by atoms with E-state index in [9.17, 15) is 32.9 Å². The van der Waals surface area contributed by atoms with Gasteiger partial charge in [-0.15, -0.1) is 0 Å². The van der Waals surface area contributed by atoms with Crippen molar-refractivity contribution < 1.29 is 45.8 Å². The third-order valence-corrected chi connectivity index (χ3v) is 14.7. The Kier molecular flexibility index (Phi) is 13.3. The van der Waals surface area contributed by atoms with Crippen LogP contribution in [0.3, 0.4) is 0 Å². The van der Waals surface area contributed by atoms with E-state index in [1.54, 1.807) is 13.0 Å². The lowest BCUT2D eigenvalue weighted by Crippen LogP contribution is -2.50. The minimum Gasteiger partial charge on any atom is -0.495 e. The number of halogens is 2. The van der Waals surface area contributed by atoms with Crippen LogP contribution in [0.4, 0.5) is 20.2 Å². The summed E-state index contributed by atoms with van der Waals surface area (Å²) in [7, 11) is -1.21. The molecule has 0 bridgehead atoms. The number of methoxy groups -OCH3 is 1. The van der Waals surface area contributed by atoms with Gasteiger partial charge < -0.3 is 24.4 Å². The number of fused-ring (bicyclic) bond motifs is 1. The molecule has 18 nitrogen and oxygen atoms in total. The maximum absolute atomic E-state index is 15.5. The summed E-state index contributed by atoms with van der Waals surface area (Å²) in [5, 5.41) is 15.4. The summed E-state index contributed by atoms with van der Waals surface area (Å²) in [6, 6.07) is 10.3. The summed E-state index contributed by atoms with van der Waals surface area (Å²) in [5.74, 6) is -2.30. The standard InChI is InChI=1S/C45H51F2N9O9S/c1-4-53(2)66(61,62)52-36-8-6-33(46)42(32(36)23-48)65-29-5-7-35-31(19-29)44(60)56(26-49-35)28-22-45(64-25-28)13-17-55(18-14-45)41(58)24-54-15-11-27(12-16-54)30-20-39(63-3)38(21-34(30)47)50-37-9-10-40(57)51-43(37)59/h5-8,19-21,26-28,37,50,52H,4,9-18,22,24-25H2,1-3H3,(H,51,57,59)/t28-,37?/m1/s1. The number of ether oxygens (including phenoxy) is 3. The molecule has 3 N–H and O–H groups in total. The summed E-state index contributed by atoms with van der Waals surface area (Å²) in [6.07, 6.45) is 4.91. The minimum atomic E-state index is -4.04. The fourth-order valence-corrected chi connectivity index (χ4v) is 10.1. The SMILES string of the molecule is CCN(C)S(=O)(=O)Nc1ccc(F)c(Oc2ccc3ncn([C@H]4COC5(CCN(C(=O)CN6CCC(c7cc(OC)c(NC8CCC(=O)NC8=O)cc7F)CC6)CC5)C4)c(=O)c3c2)c1C#N. The predicted molar refractivity (Wildman–Crippen MR) is 237 cm³/mol. The van der Waals surface area contributed by atoms with Crippen LogP contribution in [0.15, 0.2) is 53.6 Å².